The van der Waals surface area contributed by atoms with Crippen LogP contribution < -0.4 is 16.6 Å². The Hall–Kier alpha value is -4.40. The Morgan fingerprint density at radius 3 is 2.58 bits per heavy atom. The van der Waals surface area contributed by atoms with E-state index in [1.54, 1.807) is 0 Å². The van der Waals surface area contributed by atoms with Gasteiger partial charge in [-0.25, -0.2) is 23.3 Å². The number of rotatable bonds is 4. The van der Waals surface area contributed by atoms with Gasteiger partial charge in [0.05, 0.1) is 17.3 Å². The summed E-state index contributed by atoms with van der Waals surface area (Å²) in [5.74, 6) is -3.41. The fraction of sp³-hybridized carbons (Fsp3) is 0.105. The minimum atomic E-state index is -0.918. The molecule has 1 atom stereocenters. The highest BCUT2D eigenvalue weighted by molar-refractivity contribution is 5.60. The predicted molar refractivity (Wildman–Crippen MR) is 104 cm³/mol. The van der Waals surface area contributed by atoms with Gasteiger partial charge in [0, 0.05) is 12.3 Å². The molecule has 0 bridgehead atoms. The Morgan fingerprint density at radius 1 is 1.19 bits per heavy atom. The van der Waals surface area contributed by atoms with Crippen molar-refractivity contribution in [2.45, 2.75) is 13.0 Å². The van der Waals surface area contributed by atoms with Crippen molar-refractivity contribution in [3.63, 3.8) is 0 Å². The van der Waals surface area contributed by atoms with Crippen LogP contribution in [0, 0.1) is 28.8 Å². The summed E-state index contributed by atoms with van der Waals surface area (Å²) in [6.45, 7) is 1.53. The average molecular weight is 426 g/mol. The number of benzene rings is 1. The number of hydrogen-bond donors (Lipinski definition) is 2. The first-order chi connectivity index (χ1) is 14.8. The molecule has 3 heterocycles. The molecule has 0 amide bonds. The van der Waals surface area contributed by atoms with Gasteiger partial charge in [-0.1, -0.05) is 0 Å². The first-order valence-electron chi connectivity index (χ1n) is 8.83. The molecule has 31 heavy (non-hydrogen) atoms. The van der Waals surface area contributed by atoms with Gasteiger partial charge in [-0.3, -0.25) is 9.36 Å². The maximum Gasteiger partial charge on any atom is 0.283 e. The smallest absolute Gasteiger partial charge is 0.283 e. The van der Waals surface area contributed by atoms with Crippen LogP contribution in [0.1, 0.15) is 24.4 Å². The fourth-order valence-corrected chi connectivity index (χ4v) is 3.13. The SMILES string of the molecule is C[C@H](Nc1ncnc(N)c1F)c1nn2ccc(C#N)c2c(=O)n1-c1cc(F)cc(F)c1. The van der Waals surface area contributed by atoms with E-state index in [-0.39, 0.29) is 34.2 Å². The molecular formula is C19H13F3N8O. The van der Waals surface area contributed by atoms with Crippen molar-refractivity contribution in [2.75, 3.05) is 11.1 Å². The van der Waals surface area contributed by atoms with E-state index < -0.39 is 29.1 Å². The van der Waals surface area contributed by atoms with E-state index in [9.17, 15) is 23.2 Å². The Balaban J connectivity index is 1.96. The minimum Gasteiger partial charge on any atom is -0.381 e. The van der Waals surface area contributed by atoms with Gasteiger partial charge in [-0.05, 0) is 25.1 Å². The zero-order valence-electron chi connectivity index (χ0n) is 15.8. The number of nitriles is 1. The van der Waals surface area contributed by atoms with Gasteiger partial charge in [0.2, 0.25) is 5.82 Å². The molecule has 156 valence electrons. The molecule has 0 unspecified atom stereocenters. The number of nitrogens with one attached hydrogen (secondary N) is 1. The van der Waals surface area contributed by atoms with Gasteiger partial charge in [0.15, 0.2) is 17.5 Å². The lowest BCUT2D eigenvalue weighted by molar-refractivity contribution is 0.577. The van der Waals surface area contributed by atoms with Crippen molar-refractivity contribution in [1.82, 2.24) is 24.1 Å². The lowest BCUT2D eigenvalue weighted by Gasteiger charge is -2.20. The predicted octanol–water partition coefficient (Wildman–Crippen LogP) is 2.32. The Morgan fingerprint density at radius 2 is 1.90 bits per heavy atom. The van der Waals surface area contributed by atoms with Crippen molar-refractivity contribution in [3.05, 3.63) is 76.0 Å². The van der Waals surface area contributed by atoms with Gasteiger partial charge in [0.25, 0.3) is 5.56 Å². The monoisotopic (exact) mass is 426 g/mol. The second kappa shape index (κ2) is 7.45. The highest BCUT2D eigenvalue weighted by atomic mass is 19.1. The summed E-state index contributed by atoms with van der Waals surface area (Å²) >= 11 is 0. The molecule has 1 aromatic carbocycles. The number of nitrogen functional groups attached to an aromatic ring is 1. The third kappa shape index (κ3) is 3.42. The van der Waals surface area contributed by atoms with E-state index in [1.807, 2.05) is 6.07 Å². The third-order valence-electron chi connectivity index (χ3n) is 4.49. The normalized spacial score (nSPS) is 12.0. The molecule has 3 aromatic heterocycles. The zero-order chi connectivity index (χ0) is 22.3. The van der Waals surface area contributed by atoms with E-state index in [1.165, 1.54) is 23.7 Å². The van der Waals surface area contributed by atoms with Crippen molar-refractivity contribution in [1.29, 1.82) is 5.26 Å². The van der Waals surface area contributed by atoms with E-state index in [0.717, 1.165) is 23.0 Å². The van der Waals surface area contributed by atoms with E-state index >= 15 is 0 Å². The van der Waals surface area contributed by atoms with Crippen LogP contribution in [0.5, 0.6) is 0 Å². The van der Waals surface area contributed by atoms with Gasteiger partial charge < -0.3 is 11.1 Å². The largest absolute Gasteiger partial charge is 0.381 e. The molecule has 0 spiro atoms. The molecule has 0 radical (unpaired) electrons. The summed E-state index contributed by atoms with van der Waals surface area (Å²) in [6, 6.07) is 4.90. The Labute approximate surface area is 172 Å². The van der Waals surface area contributed by atoms with E-state index in [2.05, 4.69) is 20.4 Å². The van der Waals surface area contributed by atoms with Gasteiger partial charge in [-0.2, -0.15) is 14.8 Å². The maximum atomic E-state index is 14.2. The molecule has 0 fully saturated rings. The molecule has 0 aliphatic heterocycles. The van der Waals surface area contributed by atoms with E-state index in [0.29, 0.717) is 6.07 Å². The van der Waals surface area contributed by atoms with Gasteiger partial charge in [0.1, 0.15) is 29.5 Å². The summed E-state index contributed by atoms with van der Waals surface area (Å²) in [5, 5.41) is 16.3. The molecule has 3 N–H and O–H groups in total. The van der Waals surface area contributed by atoms with Crippen molar-refractivity contribution >= 4 is 17.2 Å². The molecule has 0 aliphatic carbocycles. The quantitative estimate of drug-likeness (QED) is 0.513. The topological polar surface area (TPSA) is 127 Å². The summed E-state index contributed by atoms with van der Waals surface area (Å²) in [7, 11) is 0. The van der Waals surface area contributed by atoms with Crippen LogP contribution in [0.4, 0.5) is 24.8 Å². The number of nitrogens with zero attached hydrogens (tertiary/aromatic N) is 6. The highest BCUT2D eigenvalue weighted by Gasteiger charge is 2.22. The van der Waals surface area contributed by atoms with Crippen LogP contribution in [0.25, 0.3) is 11.2 Å². The Kier molecular flexibility index (Phi) is 4.78. The Bertz CT molecular complexity index is 1400. The van der Waals surface area contributed by atoms with Crippen LogP contribution in [-0.2, 0) is 0 Å². The second-order valence-corrected chi connectivity index (χ2v) is 6.55. The molecule has 0 aliphatic rings. The molecular weight excluding hydrogens is 413 g/mol. The van der Waals surface area contributed by atoms with Crippen LogP contribution in [0.15, 0.2) is 41.6 Å². The zero-order valence-corrected chi connectivity index (χ0v) is 15.8. The van der Waals surface area contributed by atoms with Gasteiger partial charge >= 0.3 is 0 Å². The molecule has 0 saturated carbocycles. The summed E-state index contributed by atoms with van der Waals surface area (Å²) in [4.78, 5) is 20.6. The lowest BCUT2D eigenvalue weighted by Crippen LogP contribution is -2.30. The molecule has 4 rings (SSSR count). The number of aromatic nitrogens is 5. The summed E-state index contributed by atoms with van der Waals surface area (Å²) in [5.41, 5.74) is 4.50. The second-order valence-electron chi connectivity index (χ2n) is 6.55. The maximum absolute atomic E-state index is 14.2. The molecule has 12 heteroatoms. The lowest BCUT2D eigenvalue weighted by atomic mass is 10.2. The number of fused-ring (bicyclic) bond motifs is 1. The molecule has 0 saturated heterocycles. The van der Waals surface area contributed by atoms with Crippen LogP contribution in [0.2, 0.25) is 0 Å². The number of hydrogen-bond acceptors (Lipinski definition) is 7. The van der Waals surface area contributed by atoms with Gasteiger partial charge in [-0.15, -0.1) is 0 Å². The number of halogens is 3. The fourth-order valence-electron chi connectivity index (χ4n) is 3.13. The number of anilines is 2. The average Bonchev–Trinajstić information content (AvgIpc) is 3.14. The van der Waals surface area contributed by atoms with Crippen LogP contribution >= 0.6 is 0 Å². The molecule has 4 aromatic rings. The first kappa shape index (κ1) is 19.9. The van der Waals surface area contributed by atoms with E-state index in [4.69, 9.17) is 5.73 Å². The first-order valence-corrected chi connectivity index (χ1v) is 8.83. The van der Waals surface area contributed by atoms with Crippen LogP contribution in [-0.4, -0.2) is 24.1 Å². The summed E-state index contributed by atoms with van der Waals surface area (Å²) in [6.07, 6.45) is 2.44. The highest BCUT2D eigenvalue weighted by Crippen LogP contribution is 2.23. The van der Waals surface area contributed by atoms with Crippen LogP contribution in [0.3, 0.4) is 0 Å². The van der Waals surface area contributed by atoms with Crippen molar-refractivity contribution in [2.24, 2.45) is 0 Å². The minimum absolute atomic E-state index is 0.0285. The summed E-state index contributed by atoms with van der Waals surface area (Å²) < 4.78 is 44.2. The standard InChI is InChI=1S/C19H13F3N8O/c1-9(27-17-14(22)16(24)25-8-26-17)18-28-29-3-2-10(7-23)15(29)19(31)30(18)13-5-11(20)4-12(21)6-13/h2-6,8-9H,1H3,(H3,24,25,26,27)/t9-/m0/s1. The number of nitrogens with two attached hydrogens (primary N) is 1. The van der Waals surface area contributed by atoms with Crippen molar-refractivity contribution < 1.29 is 13.2 Å². The van der Waals surface area contributed by atoms with Crippen molar-refractivity contribution in [3.8, 4) is 11.8 Å². The third-order valence-corrected chi connectivity index (χ3v) is 4.49. The molecule has 9 nitrogen and oxygen atoms in total.